The molecule has 2 aliphatic heterocycles. The number of amidine groups is 1. The van der Waals surface area contributed by atoms with Crippen molar-refractivity contribution in [3.8, 4) is 0 Å². The van der Waals surface area contributed by atoms with Crippen molar-refractivity contribution in [1.29, 1.82) is 0 Å². The number of H-pyrrole nitrogens is 1. The van der Waals surface area contributed by atoms with Crippen LogP contribution in [-0.2, 0) is 17.4 Å². The van der Waals surface area contributed by atoms with Gasteiger partial charge in [-0.3, -0.25) is 9.89 Å². The molecule has 1 aromatic heterocycles. The molecule has 1 atom stereocenters. The monoisotopic (exact) mass is 519 g/mol. The topological polar surface area (TPSA) is 87.4 Å². The largest absolute Gasteiger partial charge is 0.416 e. The fourth-order valence-electron chi connectivity index (χ4n) is 4.41. The fourth-order valence-corrected chi connectivity index (χ4v) is 5.63. The minimum absolute atomic E-state index is 0.00605. The summed E-state index contributed by atoms with van der Waals surface area (Å²) < 4.78 is 41.5. The number of nitrogens with two attached hydrogens (primary N) is 1. The zero-order valence-electron chi connectivity index (χ0n) is 18.4. The first-order valence-corrected chi connectivity index (χ1v) is 12.2. The van der Waals surface area contributed by atoms with Crippen molar-refractivity contribution in [2.75, 3.05) is 13.1 Å². The number of amides is 1. The van der Waals surface area contributed by atoms with Crippen molar-refractivity contribution in [2.45, 2.75) is 31.5 Å². The van der Waals surface area contributed by atoms with Gasteiger partial charge < -0.3 is 10.6 Å². The van der Waals surface area contributed by atoms with E-state index in [1.54, 1.807) is 18.3 Å². The number of allylic oxidation sites excluding steroid dienone is 1. The van der Waals surface area contributed by atoms with E-state index in [9.17, 15) is 18.0 Å². The summed E-state index contributed by atoms with van der Waals surface area (Å²) in [6.07, 6.45) is -1.30. The quantitative estimate of drug-likeness (QED) is 0.462. The van der Waals surface area contributed by atoms with Gasteiger partial charge in [0.1, 0.15) is 0 Å². The number of benzene rings is 2. The number of likely N-dealkylation sites (tertiary alicyclic amines) is 1. The van der Waals surface area contributed by atoms with Crippen LogP contribution >= 0.6 is 23.4 Å². The average molecular weight is 520 g/mol. The molecule has 2 aromatic carbocycles. The molecule has 1 saturated heterocycles. The van der Waals surface area contributed by atoms with E-state index in [1.807, 2.05) is 11.0 Å². The lowest BCUT2D eigenvalue weighted by molar-refractivity contribution is -0.138. The van der Waals surface area contributed by atoms with E-state index in [2.05, 4.69) is 15.2 Å². The van der Waals surface area contributed by atoms with Gasteiger partial charge in [-0.05, 0) is 72.0 Å². The smallest absolute Gasteiger partial charge is 0.349 e. The van der Waals surface area contributed by atoms with Crippen molar-refractivity contribution in [1.82, 2.24) is 15.1 Å². The normalized spacial score (nSPS) is 20.5. The van der Waals surface area contributed by atoms with Crippen LogP contribution in [0.1, 0.15) is 29.5 Å². The van der Waals surface area contributed by atoms with Gasteiger partial charge >= 0.3 is 6.18 Å². The molecule has 3 aromatic rings. The van der Waals surface area contributed by atoms with Crippen LogP contribution in [0.3, 0.4) is 0 Å². The van der Waals surface area contributed by atoms with Crippen molar-refractivity contribution >= 4 is 50.9 Å². The summed E-state index contributed by atoms with van der Waals surface area (Å²) in [5.41, 5.74) is 7.18. The second-order valence-electron chi connectivity index (χ2n) is 8.61. The summed E-state index contributed by atoms with van der Waals surface area (Å²) >= 11 is 7.07. The number of aromatic nitrogens is 2. The van der Waals surface area contributed by atoms with Gasteiger partial charge in [0.25, 0.3) is 5.91 Å². The number of piperidine rings is 1. The van der Waals surface area contributed by atoms with Crippen LogP contribution in [0, 0.1) is 0 Å². The number of hydrogen-bond acceptors (Lipinski definition) is 5. The van der Waals surface area contributed by atoms with Crippen molar-refractivity contribution in [3.63, 3.8) is 0 Å². The van der Waals surface area contributed by atoms with E-state index >= 15 is 0 Å². The Morgan fingerprint density at radius 3 is 2.86 bits per heavy atom. The number of nitrogens with one attached hydrogen (secondary N) is 1. The number of carbonyl (C=O) groups is 1. The molecule has 0 bridgehead atoms. The zero-order chi connectivity index (χ0) is 24.7. The van der Waals surface area contributed by atoms with E-state index in [-0.39, 0.29) is 23.0 Å². The van der Waals surface area contributed by atoms with Crippen LogP contribution in [0.15, 0.2) is 52.5 Å². The van der Waals surface area contributed by atoms with Crippen LogP contribution in [0.25, 0.3) is 16.5 Å². The number of aromatic amines is 1. The Morgan fingerprint density at radius 1 is 1.26 bits per heavy atom. The molecular formula is C24H21ClF3N5OS. The fraction of sp³-hybridized carbons (Fsp3) is 0.292. The highest BCUT2D eigenvalue weighted by atomic mass is 35.5. The predicted octanol–water partition coefficient (Wildman–Crippen LogP) is 5.24. The molecule has 6 nitrogen and oxygen atoms in total. The molecule has 182 valence electrons. The van der Waals surface area contributed by atoms with Crippen molar-refractivity contribution < 1.29 is 18.0 Å². The number of nitrogens with zero attached hydrogens (tertiary/aromatic N) is 3. The van der Waals surface area contributed by atoms with Crippen LogP contribution in [0.2, 0.25) is 5.02 Å². The summed E-state index contributed by atoms with van der Waals surface area (Å²) in [5, 5.41) is 8.19. The molecule has 0 radical (unpaired) electrons. The Bertz CT molecular complexity index is 1370. The highest BCUT2D eigenvalue weighted by Gasteiger charge is 2.35. The molecular weight excluding hydrogens is 499 g/mol. The number of halogens is 4. The molecule has 2 aliphatic rings. The zero-order valence-corrected chi connectivity index (χ0v) is 20.0. The lowest BCUT2D eigenvalue weighted by Gasteiger charge is -2.31. The predicted molar refractivity (Wildman–Crippen MR) is 132 cm³/mol. The van der Waals surface area contributed by atoms with Gasteiger partial charge in [-0.1, -0.05) is 23.7 Å². The van der Waals surface area contributed by atoms with E-state index in [4.69, 9.17) is 17.3 Å². The molecule has 11 heteroatoms. The van der Waals surface area contributed by atoms with E-state index in [1.165, 1.54) is 23.9 Å². The Labute approximate surface area is 208 Å². The minimum atomic E-state index is -4.59. The highest BCUT2D eigenvalue weighted by molar-refractivity contribution is 8.18. The van der Waals surface area contributed by atoms with Gasteiger partial charge in [0.15, 0.2) is 5.17 Å². The highest BCUT2D eigenvalue weighted by Crippen LogP contribution is 2.41. The van der Waals surface area contributed by atoms with Crippen molar-refractivity contribution in [3.05, 3.63) is 69.2 Å². The van der Waals surface area contributed by atoms with Crippen LogP contribution in [0.5, 0.6) is 0 Å². The Hall–Kier alpha value is -2.82. The number of thioether (sulfide) groups is 1. The SMILES string of the molecule is N[C@@H]1CCCN(C2=NC(=O)C(=C(Cc3ccc(Cl)cc3C(F)(F)F)c3ccc4[nH]ncc4c3)S2)C1. The number of hydrogen-bond donors (Lipinski definition) is 2. The Balaban J connectivity index is 1.59. The van der Waals surface area contributed by atoms with E-state index < -0.39 is 17.6 Å². The lowest BCUT2D eigenvalue weighted by atomic mass is 9.93. The maximum atomic E-state index is 13.8. The first-order valence-electron chi connectivity index (χ1n) is 11.0. The molecule has 0 saturated carbocycles. The lowest BCUT2D eigenvalue weighted by Crippen LogP contribution is -2.44. The third-order valence-corrected chi connectivity index (χ3v) is 7.51. The summed E-state index contributed by atoms with van der Waals surface area (Å²) in [5.74, 6) is -0.464. The van der Waals surface area contributed by atoms with E-state index in [0.29, 0.717) is 27.8 Å². The molecule has 0 aliphatic carbocycles. The van der Waals surface area contributed by atoms with Crippen LogP contribution in [0.4, 0.5) is 13.2 Å². The second-order valence-corrected chi connectivity index (χ2v) is 10.0. The number of aliphatic imine (C=N–C) groups is 1. The van der Waals surface area contributed by atoms with Gasteiger partial charge in [0, 0.05) is 29.5 Å². The van der Waals surface area contributed by atoms with Gasteiger partial charge in [0.2, 0.25) is 0 Å². The molecule has 0 spiro atoms. The third kappa shape index (κ3) is 4.96. The second kappa shape index (κ2) is 9.33. The first-order chi connectivity index (χ1) is 16.7. The summed E-state index contributed by atoms with van der Waals surface area (Å²) in [7, 11) is 0. The number of rotatable bonds is 3. The standard InChI is InChI=1S/C24H21ClF3N5OS/c25-16-5-3-14(19(10-16)24(26,27)28)9-18(13-4-6-20-15(8-13)11-30-32-20)21-22(34)31-23(35-21)33-7-1-2-17(29)12-33/h3-6,8,10-11,17H,1-2,7,9,12,29H2,(H,30,32)/t17-/m1/s1. The molecule has 1 amide bonds. The molecule has 3 heterocycles. The van der Waals surface area contributed by atoms with E-state index in [0.717, 1.165) is 36.4 Å². The van der Waals surface area contributed by atoms with Crippen LogP contribution in [-0.4, -0.2) is 45.3 Å². The molecule has 5 rings (SSSR count). The molecule has 3 N–H and O–H groups in total. The number of carbonyl (C=O) groups excluding carboxylic acids is 1. The third-order valence-electron chi connectivity index (χ3n) is 6.12. The van der Waals surface area contributed by atoms with Gasteiger partial charge in [-0.15, -0.1) is 0 Å². The van der Waals surface area contributed by atoms with Gasteiger partial charge in [-0.25, -0.2) is 0 Å². The first kappa shape index (κ1) is 23.9. The van der Waals surface area contributed by atoms with Gasteiger partial charge in [0.05, 0.1) is 22.2 Å². The summed E-state index contributed by atoms with van der Waals surface area (Å²) in [4.78, 5) is 19.6. The van der Waals surface area contributed by atoms with Gasteiger partial charge in [-0.2, -0.15) is 23.3 Å². The minimum Gasteiger partial charge on any atom is -0.349 e. The van der Waals surface area contributed by atoms with Crippen LogP contribution < -0.4 is 5.73 Å². The molecule has 0 unspecified atom stereocenters. The molecule has 1 fully saturated rings. The summed E-state index contributed by atoms with van der Waals surface area (Å²) in [6, 6.07) is 9.06. The maximum Gasteiger partial charge on any atom is 0.416 e. The Kier molecular flexibility index (Phi) is 6.37. The Morgan fingerprint density at radius 2 is 2.09 bits per heavy atom. The average Bonchev–Trinajstić information content (AvgIpc) is 3.43. The number of alkyl halides is 3. The molecule has 35 heavy (non-hydrogen) atoms. The van der Waals surface area contributed by atoms with Crippen molar-refractivity contribution in [2.24, 2.45) is 10.7 Å². The number of fused-ring (bicyclic) bond motifs is 1. The maximum absolute atomic E-state index is 13.8. The summed E-state index contributed by atoms with van der Waals surface area (Å²) in [6.45, 7) is 1.31.